The highest BCUT2D eigenvalue weighted by Gasteiger charge is 2.22. The van der Waals surface area contributed by atoms with E-state index in [0.717, 1.165) is 36.8 Å². The van der Waals surface area contributed by atoms with E-state index in [1.54, 1.807) is 0 Å². The Morgan fingerprint density at radius 3 is 2.88 bits per heavy atom. The van der Waals surface area contributed by atoms with Crippen LogP contribution in [0.25, 0.3) is 0 Å². The van der Waals surface area contributed by atoms with Crippen LogP contribution in [0.5, 0.6) is 11.5 Å². The van der Waals surface area contributed by atoms with Crippen LogP contribution in [0.3, 0.4) is 0 Å². The van der Waals surface area contributed by atoms with Crippen molar-refractivity contribution in [3.63, 3.8) is 0 Å². The molecular formula is C12H15ClN2O2. The molecular weight excluding hydrogens is 240 g/mol. The smallest absolute Gasteiger partial charge is 0.161 e. The summed E-state index contributed by atoms with van der Waals surface area (Å²) < 4.78 is 11.5. The van der Waals surface area contributed by atoms with Crippen molar-refractivity contribution in [2.45, 2.75) is 12.5 Å². The Bertz CT molecular complexity index is 423. The lowest BCUT2D eigenvalue weighted by molar-refractivity contribution is 0.0957. The predicted molar refractivity (Wildman–Crippen MR) is 68.5 cm³/mol. The van der Waals surface area contributed by atoms with Gasteiger partial charge in [-0.15, -0.1) is 12.4 Å². The first-order valence-corrected chi connectivity index (χ1v) is 5.57. The van der Waals surface area contributed by atoms with Gasteiger partial charge in [-0.2, -0.15) is 0 Å². The number of nitrogens with zero attached hydrogens (tertiary/aromatic N) is 1. The zero-order chi connectivity index (χ0) is 10.8. The molecule has 92 valence electrons. The molecule has 1 atom stereocenters. The second-order valence-electron chi connectivity index (χ2n) is 3.96. The van der Waals surface area contributed by atoms with Crippen LogP contribution in [-0.4, -0.2) is 31.6 Å². The molecule has 0 spiro atoms. The van der Waals surface area contributed by atoms with Crippen molar-refractivity contribution in [3.05, 3.63) is 24.3 Å². The summed E-state index contributed by atoms with van der Waals surface area (Å²) in [5.74, 6) is 2.70. The second kappa shape index (κ2) is 5.27. The molecule has 1 unspecified atom stereocenters. The van der Waals surface area contributed by atoms with Crippen molar-refractivity contribution in [2.24, 2.45) is 4.99 Å². The number of amidine groups is 1. The molecule has 0 radical (unpaired) electrons. The molecule has 17 heavy (non-hydrogen) atoms. The zero-order valence-electron chi connectivity index (χ0n) is 9.39. The Hall–Kier alpha value is -1.42. The first-order valence-electron chi connectivity index (χ1n) is 5.57. The minimum Gasteiger partial charge on any atom is -0.486 e. The van der Waals surface area contributed by atoms with Gasteiger partial charge in [0.15, 0.2) is 11.5 Å². The van der Waals surface area contributed by atoms with Crippen molar-refractivity contribution in [3.8, 4) is 11.5 Å². The van der Waals surface area contributed by atoms with Gasteiger partial charge in [-0.25, -0.2) is 0 Å². The predicted octanol–water partition coefficient (Wildman–Crippen LogP) is 1.64. The number of aliphatic imine (C=N–C) groups is 1. The first-order chi connectivity index (χ1) is 7.92. The number of hydrogen-bond donors (Lipinski definition) is 1. The van der Waals surface area contributed by atoms with Gasteiger partial charge in [0, 0.05) is 13.0 Å². The van der Waals surface area contributed by atoms with Gasteiger partial charge in [0.25, 0.3) is 0 Å². The number of fused-ring (bicyclic) bond motifs is 1. The van der Waals surface area contributed by atoms with Crippen molar-refractivity contribution in [2.75, 3.05) is 19.7 Å². The summed E-state index contributed by atoms with van der Waals surface area (Å²) in [7, 11) is 0. The zero-order valence-corrected chi connectivity index (χ0v) is 10.2. The average molecular weight is 255 g/mol. The van der Waals surface area contributed by atoms with Crippen LogP contribution in [0, 0.1) is 0 Å². The molecule has 3 rings (SSSR count). The summed E-state index contributed by atoms with van der Waals surface area (Å²) in [6, 6.07) is 7.77. The van der Waals surface area contributed by atoms with E-state index in [2.05, 4.69) is 10.3 Å². The molecule has 0 aromatic heterocycles. The Kier molecular flexibility index (Phi) is 3.74. The highest BCUT2D eigenvalue weighted by atomic mass is 35.5. The lowest BCUT2D eigenvalue weighted by Gasteiger charge is -2.26. The SMILES string of the molecule is Cl.c1ccc2c(c1)OCC(CC1=NCCN1)O2. The maximum Gasteiger partial charge on any atom is 0.161 e. The molecule has 0 saturated carbocycles. The summed E-state index contributed by atoms with van der Waals surface area (Å²) in [6.45, 7) is 2.41. The number of hydrogen-bond acceptors (Lipinski definition) is 4. The number of rotatable bonds is 2. The third-order valence-electron chi connectivity index (χ3n) is 2.73. The van der Waals surface area contributed by atoms with Crippen LogP contribution in [-0.2, 0) is 0 Å². The van der Waals surface area contributed by atoms with Crippen LogP contribution in [0.4, 0.5) is 0 Å². The van der Waals surface area contributed by atoms with E-state index in [1.165, 1.54) is 0 Å². The van der Waals surface area contributed by atoms with Gasteiger partial charge in [0.05, 0.1) is 6.54 Å². The molecule has 0 saturated heterocycles. The molecule has 2 heterocycles. The highest BCUT2D eigenvalue weighted by Crippen LogP contribution is 2.31. The molecule has 1 aromatic carbocycles. The summed E-state index contributed by atoms with van der Waals surface area (Å²) >= 11 is 0. The van der Waals surface area contributed by atoms with E-state index >= 15 is 0 Å². The number of ether oxygens (including phenoxy) is 2. The van der Waals surface area contributed by atoms with E-state index in [-0.39, 0.29) is 18.5 Å². The topological polar surface area (TPSA) is 42.8 Å². The van der Waals surface area contributed by atoms with Crippen LogP contribution in [0.2, 0.25) is 0 Å². The van der Waals surface area contributed by atoms with Crippen molar-refractivity contribution in [1.82, 2.24) is 5.32 Å². The molecule has 1 N–H and O–H groups in total. The number of benzene rings is 1. The molecule has 5 heteroatoms. The normalized spacial score (nSPS) is 21.2. The van der Waals surface area contributed by atoms with Crippen LogP contribution < -0.4 is 14.8 Å². The summed E-state index contributed by atoms with van der Waals surface area (Å²) in [6.07, 6.45) is 0.869. The monoisotopic (exact) mass is 254 g/mol. The Balaban J connectivity index is 0.00000108. The highest BCUT2D eigenvalue weighted by molar-refractivity contribution is 5.85. The Morgan fingerprint density at radius 1 is 1.29 bits per heavy atom. The summed E-state index contributed by atoms with van der Waals surface area (Å²) in [4.78, 5) is 4.36. The van der Waals surface area contributed by atoms with Gasteiger partial charge < -0.3 is 14.8 Å². The molecule has 0 bridgehead atoms. The Labute approximate surface area is 106 Å². The van der Waals surface area contributed by atoms with E-state index in [4.69, 9.17) is 9.47 Å². The first kappa shape index (κ1) is 12.0. The third kappa shape index (κ3) is 2.64. The van der Waals surface area contributed by atoms with E-state index in [1.807, 2.05) is 24.3 Å². The van der Waals surface area contributed by atoms with E-state index in [0.29, 0.717) is 6.61 Å². The number of para-hydroxylation sites is 2. The summed E-state index contributed by atoms with van der Waals surface area (Å²) in [5.41, 5.74) is 0. The van der Waals surface area contributed by atoms with Gasteiger partial charge in [-0.05, 0) is 12.1 Å². The minimum absolute atomic E-state index is 0. The lowest BCUT2D eigenvalue weighted by atomic mass is 10.2. The fraction of sp³-hybridized carbons (Fsp3) is 0.417. The Morgan fingerprint density at radius 2 is 2.12 bits per heavy atom. The van der Waals surface area contributed by atoms with Gasteiger partial charge in [-0.3, -0.25) is 4.99 Å². The van der Waals surface area contributed by atoms with Gasteiger partial charge in [0.2, 0.25) is 0 Å². The van der Waals surface area contributed by atoms with Crippen LogP contribution >= 0.6 is 12.4 Å². The largest absolute Gasteiger partial charge is 0.486 e. The summed E-state index contributed by atoms with van der Waals surface area (Å²) in [5, 5.41) is 3.24. The van der Waals surface area contributed by atoms with Crippen molar-refractivity contribution >= 4 is 18.2 Å². The quantitative estimate of drug-likeness (QED) is 0.873. The molecule has 0 fully saturated rings. The van der Waals surface area contributed by atoms with Crippen LogP contribution in [0.15, 0.2) is 29.3 Å². The fourth-order valence-electron chi connectivity index (χ4n) is 1.96. The van der Waals surface area contributed by atoms with Gasteiger partial charge in [-0.1, -0.05) is 12.1 Å². The average Bonchev–Trinajstić information content (AvgIpc) is 2.82. The second-order valence-corrected chi connectivity index (χ2v) is 3.96. The molecule has 1 aromatic rings. The molecule has 4 nitrogen and oxygen atoms in total. The third-order valence-corrected chi connectivity index (χ3v) is 2.73. The standard InChI is InChI=1S/C12H14N2O2.ClH/c1-2-4-11-10(3-1)15-8-9(16-11)7-12-13-5-6-14-12;/h1-4,9H,5-8H2,(H,13,14);1H. The lowest BCUT2D eigenvalue weighted by Crippen LogP contribution is -2.34. The number of halogens is 1. The van der Waals surface area contributed by atoms with Crippen LogP contribution in [0.1, 0.15) is 6.42 Å². The molecule has 0 aliphatic carbocycles. The van der Waals surface area contributed by atoms with E-state index < -0.39 is 0 Å². The molecule has 2 aliphatic rings. The van der Waals surface area contributed by atoms with Gasteiger partial charge in [0.1, 0.15) is 18.5 Å². The maximum absolute atomic E-state index is 5.85. The maximum atomic E-state index is 5.85. The fourth-order valence-corrected chi connectivity index (χ4v) is 1.96. The number of nitrogens with one attached hydrogen (secondary N) is 1. The minimum atomic E-state index is 0. The molecule has 2 aliphatic heterocycles. The molecule has 0 amide bonds. The van der Waals surface area contributed by atoms with E-state index in [9.17, 15) is 0 Å². The van der Waals surface area contributed by atoms with Crippen molar-refractivity contribution < 1.29 is 9.47 Å². The van der Waals surface area contributed by atoms with Gasteiger partial charge >= 0.3 is 0 Å². The van der Waals surface area contributed by atoms with Crippen molar-refractivity contribution in [1.29, 1.82) is 0 Å².